The number of ketones is 1. The van der Waals surface area contributed by atoms with Crippen LogP contribution in [0.25, 0.3) is 0 Å². The van der Waals surface area contributed by atoms with Crippen molar-refractivity contribution in [3.8, 4) is 0 Å². The third-order valence-corrected chi connectivity index (χ3v) is 15.1. The number of ether oxygens (including phenoxy) is 8. The molecule has 5 aliphatic rings. The highest BCUT2D eigenvalue weighted by molar-refractivity contribution is 5.84. The van der Waals surface area contributed by atoms with Crippen molar-refractivity contribution >= 4 is 17.7 Å². The van der Waals surface area contributed by atoms with Crippen LogP contribution in [0.1, 0.15) is 117 Å². The number of carbonyl (C=O) groups is 3. The number of carboxylic acid groups (broad SMARTS) is 1. The lowest BCUT2D eigenvalue weighted by Gasteiger charge is -2.48. The van der Waals surface area contributed by atoms with Gasteiger partial charge in [-0.1, -0.05) is 71.6 Å². The van der Waals surface area contributed by atoms with Crippen molar-refractivity contribution in [2.24, 2.45) is 11.3 Å². The number of aliphatic hydroxyl groups excluding tert-OH is 12. The second kappa shape index (κ2) is 29.5. The average molecular weight is 1060 g/mol. The fraction of sp³-hybridized carbons (Fsp3) is 0.938. The minimum absolute atomic E-state index is 0.0285. The highest BCUT2D eigenvalue weighted by Gasteiger charge is 2.56. The Kier molecular flexibility index (Phi) is 24.9. The van der Waals surface area contributed by atoms with Gasteiger partial charge in [0.25, 0.3) is 0 Å². The van der Waals surface area contributed by atoms with E-state index >= 15 is 0 Å². The van der Waals surface area contributed by atoms with E-state index in [-0.39, 0.29) is 36.7 Å². The summed E-state index contributed by atoms with van der Waals surface area (Å²) in [6, 6.07) is 0. The van der Waals surface area contributed by atoms with Crippen molar-refractivity contribution in [3.63, 3.8) is 0 Å². The predicted molar refractivity (Wildman–Crippen MR) is 247 cm³/mol. The smallest absolute Gasteiger partial charge is 0.335 e. The van der Waals surface area contributed by atoms with E-state index in [0.717, 1.165) is 38.5 Å². The number of amides is 1. The van der Waals surface area contributed by atoms with E-state index < -0.39 is 149 Å². The summed E-state index contributed by atoms with van der Waals surface area (Å²) in [6.07, 6.45) is -22.8. The molecule has 0 aromatic rings. The molecular formula is C48H83NO24. The third-order valence-electron chi connectivity index (χ3n) is 15.1. The van der Waals surface area contributed by atoms with Gasteiger partial charge in [0, 0.05) is 24.8 Å². The summed E-state index contributed by atoms with van der Waals surface area (Å²) in [5.41, 5.74) is -0.380. The molecule has 73 heavy (non-hydrogen) atoms. The topological polar surface area (TPSA) is 400 Å². The van der Waals surface area contributed by atoms with Gasteiger partial charge in [-0.15, -0.1) is 0 Å². The first-order valence-electron chi connectivity index (χ1n) is 26.0. The van der Waals surface area contributed by atoms with Crippen LogP contribution >= 0.6 is 0 Å². The average Bonchev–Trinajstić information content (AvgIpc) is 3.44. The highest BCUT2D eigenvalue weighted by atomic mass is 16.8. The molecule has 0 aromatic carbocycles. The molecule has 0 bridgehead atoms. The molecular weight excluding hydrogens is 975 g/mol. The van der Waals surface area contributed by atoms with Gasteiger partial charge in [-0.2, -0.15) is 0 Å². The van der Waals surface area contributed by atoms with Gasteiger partial charge >= 0.3 is 5.97 Å². The Morgan fingerprint density at radius 3 is 1.51 bits per heavy atom. The number of carbonyl (C=O) groups excluding carboxylic acids is 2. The van der Waals surface area contributed by atoms with E-state index in [1.807, 2.05) is 0 Å². The molecule has 424 valence electrons. The fourth-order valence-corrected chi connectivity index (χ4v) is 10.7. The van der Waals surface area contributed by atoms with Crippen LogP contribution in [-0.4, -0.2) is 240 Å². The predicted octanol–water partition coefficient (Wildman–Crippen LogP) is -3.05. The summed E-state index contributed by atoms with van der Waals surface area (Å²) in [5, 5.41) is 140. The van der Waals surface area contributed by atoms with E-state index in [1.54, 1.807) is 0 Å². The number of nitrogens with one attached hydrogen (secondary N) is 1. The number of aliphatic carboxylic acids is 1. The minimum atomic E-state index is -2.25. The monoisotopic (exact) mass is 1060 g/mol. The van der Waals surface area contributed by atoms with Gasteiger partial charge in [0.2, 0.25) is 5.91 Å². The lowest BCUT2D eigenvalue weighted by Crippen LogP contribution is -2.68. The molecule has 0 aromatic heterocycles. The maximum atomic E-state index is 13.8. The Morgan fingerprint density at radius 2 is 0.986 bits per heavy atom. The van der Waals surface area contributed by atoms with Crippen molar-refractivity contribution in [2.75, 3.05) is 33.0 Å². The largest absolute Gasteiger partial charge is 0.479 e. The summed E-state index contributed by atoms with van der Waals surface area (Å²) in [4.78, 5) is 38.9. The van der Waals surface area contributed by atoms with Gasteiger partial charge in [0.05, 0.1) is 26.4 Å². The molecule has 0 radical (unpaired) electrons. The Morgan fingerprint density at radius 1 is 0.548 bits per heavy atom. The molecule has 4 heterocycles. The number of rotatable bonds is 23. The molecule has 5 fully saturated rings. The number of unbranched alkanes of at least 4 members (excludes halogenated alkanes) is 1. The second-order valence-electron chi connectivity index (χ2n) is 20.3. The number of Topliss-reactive ketones (excluding diaryl/α,β-unsaturated/α-hetero) is 1. The van der Waals surface area contributed by atoms with Crippen molar-refractivity contribution in [1.29, 1.82) is 0 Å². The summed E-state index contributed by atoms with van der Waals surface area (Å²) in [5.74, 6) is -1.48. The van der Waals surface area contributed by atoms with Crippen LogP contribution in [-0.2, 0) is 52.3 Å². The molecule has 4 saturated heterocycles. The van der Waals surface area contributed by atoms with Crippen LogP contribution in [0.4, 0.5) is 0 Å². The first-order valence-corrected chi connectivity index (χ1v) is 26.0. The first kappa shape index (κ1) is 61.7. The number of aliphatic hydroxyl groups is 12. The molecule has 1 saturated carbocycles. The molecule has 1 aliphatic carbocycles. The summed E-state index contributed by atoms with van der Waals surface area (Å²) < 4.78 is 44.1. The minimum Gasteiger partial charge on any atom is -0.479 e. The number of carboxylic acids is 1. The van der Waals surface area contributed by atoms with Crippen molar-refractivity contribution in [2.45, 2.75) is 239 Å². The molecule has 1 amide bonds. The van der Waals surface area contributed by atoms with Crippen molar-refractivity contribution < 1.29 is 119 Å². The number of hydrogen-bond acceptors (Lipinski definition) is 23. The standard InChI is InChI=1S/C48H83NO24/c1-3-18-48(2,24-14-10-8-6-4-5-7-9-11-15-24)28(53)16-12-13-17-29(54)49-19-20-66-44-36(61)32(57)39(26(22-51)68-44)71-47-38(63)34(59)41(42(73-47)43(64)65)72-46-37(62)33(58)40(27(23-52)69-46)70-45-35(60)31(56)30(55)25(21-50)67-45/h24-27,30-42,44-47,50-52,55-63H,3-23H2,1-2H3,(H,49,54)(H,64,65)/t25?,26?,27?,30-,31?,32?,33?,34?,35?,36?,37?,38+,39-,40+,41+,42?,44-,45-,46-,47-,48?/m1/s1. The van der Waals surface area contributed by atoms with E-state index in [4.69, 9.17) is 37.9 Å². The molecule has 5 rings (SSSR count). The molecule has 25 nitrogen and oxygen atoms in total. The Hall–Kier alpha value is -2.19. The van der Waals surface area contributed by atoms with Gasteiger partial charge in [0.1, 0.15) is 97.3 Å². The van der Waals surface area contributed by atoms with Crippen LogP contribution < -0.4 is 5.32 Å². The molecule has 21 atom stereocenters. The zero-order chi connectivity index (χ0) is 53.6. The van der Waals surface area contributed by atoms with Gasteiger partial charge in [-0.25, -0.2) is 4.79 Å². The van der Waals surface area contributed by atoms with Crippen LogP contribution in [0.2, 0.25) is 0 Å². The zero-order valence-corrected chi connectivity index (χ0v) is 41.8. The maximum absolute atomic E-state index is 13.8. The zero-order valence-electron chi connectivity index (χ0n) is 41.8. The van der Waals surface area contributed by atoms with Gasteiger partial charge in [-0.3, -0.25) is 9.59 Å². The van der Waals surface area contributed by atoms with Crippen molar-refractivity contribution in [1.82, 2.24) is 5.32 Å². The van der Waals surface area contributed by atoms with Gasteiger partial charge in [0.15, 0.2) is 31.3 Å². The van der Waals surface area contributed by atoms with E-state index in [0.29, 0.717) is 25.2 Å². The SMILES string of the molecule is CCCC(C)(C(=O)CCCCC(=O)NCCO[C@@H]1OC(CO)[C@@H](O[C@@H]2OC(C(=O)O)[C@@H](O[C@H]3OC(CO)[C@H](O[C@H]4OC(CO)[C@@H](O)C(O)C4O)C(O)C3O)C(O)[C@@H]2O)C(O)C1O)C1CCCCCCCCCC1. The quantitative estimate of drug-likeness (QED) is 0.0452. The summed E-state index contributed by atoms with van der Waals surface area (Å²) in [6.45, 7) is 1.34. The van der Waals surface area contributed by atoms with Crippen molar-refractivity contribution in [3.05, 3.63) is 0 Å². The Bertz CT molecular complexity index is 1650. The molecule has 0 spiro atoms. The normalized spacial score (nSPS) is 40.2. The summed E-state index contributed by atoms with van der Waals surface area (Å²) >= 11 is 0. The second-order valence-corrected chi connectivity index (χ2v) is 20.3. The lowest BCUT2D eigenvalue weighted by atomic mass is 9.66. The van der Waals surface area contributed by atoms with Gasteiger partial charge in [-0.05, 0) is 38.0 Å². The highest BCUT2D eigenvalue weighted by Crippen LogP contribution is 2.42. The van der Waals surface area contributed by atoms with Crippen LogP contribution in [0.15, 0.2) is 0 Å². The van der Waals surface area contributed by atoms with Crippen LogP contribution in [0.5, 0.6) is 0 Å². The van der Waals surface area contributed by atoms with Gasteiger partial charge < -0.3 is 110 Å². The molecule has 12 unspecified atom stereocenters. The lowest BCUT2D eigenvalue weighted by molar-refractivity contribution is -0.385. The molecule has 14 N–H and O–H groups in total. The number of hydrogen-bond donors (Lipinski definition) is 14. The van der Waals surface area contributed by atoms with E-state index in [9.17, 15) is 80.8 Å². The maximum Gasteiger partial charge on any atom is 0.335 e. The first-order chi connectivity index (χ1) is 34.8. The van der Waals surface area contributed by atoms with Crippen LogP contribution in [0.3, 0.4) is 0 Å². The fourth-order valence-electron chi connectivity index (χ4n) is 10.7. The van der Waals surface area contributed by atoms with E-state index in [1.165, 1.54) is 38.5 Å². The van der Waals surface area contributed by atoms with E-state index in [2.05, 4.69) is 19.2 Å². The Balaban J connectivity index is 1.08. The summed E-state index contributed by atoms with van der Waals surface area (Å²) in [7, 11) is 0. The van der Waals surface area contributed by atoms with Crippen LogP contribution in [0, 0.1) is 11.3 Å². The third kappa shape index (κ3) is 15.7. The molecule has 25 heteroatoms. The Labute approximate surface area is 424 Å². The molecule has 4 aliphatic heterocycles.